The molecule has 0 spiro atoms. The van der Waals surface area contributed by atoms with Gasteiger partial charge < -0.3 is 4.90 Å². The highest BCUT2D eigenvalue weighted by Crippen LogP contribution is 2.10. The first kappa shape index (κ1) is 16.9. The summed E-state index contributed by atoms with van der Waals surface area (Å²) in [6.07, 6.45) is 0. The molecule has 1 aromatic carbocycles. The fourth-order valence-electron chi connectivity index (χ4n) is 1.22. The van der Waals surface area contributed by atoms with Gasteiger partial charge in [-0.25, -0.2) is 13.1 Å². The van der Waals surface area contributed by atoms with E-state index in [2.05, 4.69) is 4.72 Å². The lowest BCUT2D eigenvalue weighted by molar-refractivity contribution is 0.412. The Kier molecular flexibility index (Phi) is 6.88. The van der Waals surface area contributed by atoms with Gasteiger partial charge in [-0.05, 0) is 32.3 Å². The Morgan fingerprint density at radius 1 is 1.39 bits per heavy atom. The van der Waals surface area contributed by atoms with Crippen LogP contribution >= 0.6 is 12.4 Å². The molecule has 1 rings (SSSR count). The molecule has 0 heterocycles. The number of hydrogen-bond donors (Lipinski definition) is 1. The Labute approximate surface area is 114 Å². The van der Waals surface area contributed by atoms with Gasteiger partial charge in [0, 0.05) is 13.1 Å². The number of hydrogen-bond acceptors (Lipinski definition) is 4. The molecular formula is C11H16ClN3O2S. The van der Waals surface area contributed by atoms with Crippen molar-refractivity contribution in [1.82, 2.24) is 9.62 Å². The lowest BCUT2D eigenvalue weighted by atomic mass is 10.2. The molecule has 0 atom stereocenters. The Bertz CT molecular complexity index is 523. The molecule has 18 heavy (non-hydrogen) atoms. The third-order valence-electron chi connectivity index (χ3n) is 2.12. The number of nitrogens with one attached hydrogen (secondary N) is 1. The highest BCUT2D eigenvalue weighted by atomic mass is 35.5. The van der Waals surface area contributed by atoms with E-state index in [9.17, 15) is 8.42 Å². The van der Waals surface area contributed by atoms with E-state index in [0.717, 1.165) is 0 Å². The van der Waals surface area contributed by atoms with Crippen molar-refractivity contribution in [3.8, 4) is 6.07 Å². The van der Waals surface area contributed by atoms with Crippen LogP contribution in [0, 0.1) is 11.3 Å². The smallest absolute Gasteiger partial charge is 0.240 e. The van der Waals surface area contributed by atoms with Crippen molar-refractivity contribution in [1.29, 1.82) is 5.26 Å². The van der Waals surface area contributed by atoms with Crippen LogP contribution in [-0.4, -0.2) is 40.5 Å². The summed E-state index contributed by atoms with van der Waals surface area (Å²) in [5, 5.41) is 8.70. The molecule has 0 aromatic heterocycles. The second-order valence-electron chi connectivity index (χ2n) is 3.84. The summed E-state index contributed by atoms with van der Waals surface area (Å²) >= 11 is 0. The van der Waals surface area contributed by atoms with Gasteiger partial charge in [0.25, 0.3) is 0 Å². The Balaban J connectivity index is 0.00000289. The maximum absolute atomic E-state index is 11.8. The first-order valence-electron chi connectivity index (χ1n) is 5.10. The van der Waals surface area contributed by atoms with Crippen LogP contribution in [0.5, 0.6) is 0 Å². The van der Waals surface area contributed by atoms with Crippen LogP contribution in [0.15, 0.2) is 29.2 Å². The molecule has 1 aromatic rings. The van der Waals surface area contributed by atoms with Crippen LogP contribution in [0.4, 0.5) is 0 Å². The lowest BCUT2D eigenvalue weighted by Gasteiger charge is -2.10. The topological polar surface area (TPSA) is 73.2 Å². The molecule has 0 aliphatic heterocycles. The van der Waals surface area contributed by atoms with Gasteiger partial charge in [-0.3, -0.25) is 0 Å². The number of sulfonamides is 1. The third kappa shape index (κ3) is 5.02. The molecule has 0 bridgehead atoms. The zero-order valence-corrected chi connectivity index (χ0v) is 11.9. The molecule has 100 valence electrons. The van der Waals surface area contributed by atoms with E-state index in [1.165, 1.54) is 12.1 Å². The largest absolute Gasteiger partial charge is 0.308 e. The van der Waals surface area contributed by atoms with Gasteiger partial charge >= 0.3 is 0 Å². The summed E-state index contributed by atoms with van der Waals surface area (Å²) in [6.45, 7) is 0.962. The quantitative estimate of drug-likeness (QED) is 0.871. The minimum atomic E-state index is -3.52. The van der Waals surface area contributed by atoms with E-state index in [1.54, 1.807) is 12.1 Å². The Hall–Kier alpha value is -1.13. The predicted octanol–water partition coefficient (Wildman–Crippen LogP) is 0.820. The van der Waals surface area contributed by atoms with Crippen molar-refractivity contribution in [2.45, 2.75) is 4.90 Å². The second kappa shape index (κ2) is 7.34. The lowest BCUT2D eigenvalue weighted by Crippen LogP contribution is -2.31. The molecule has 7 heteroatoms. The number of nitrogens with zero attached hydrogens (tertiary/aromatic N) is 2. The molecule has 1 N–H and O–H groups in total. The van der Waals surface area contributed by atoms with Gasteiger partial charge in [-0.1, -0.05) is 6.07 Å². The summed E-state index contributed by atoms with van der Waals surface area (Å²) in [5.74, 6) is 0. The highest BCUT2D eigenvalue weighted by molar-refractivity contribution is 7.89. The van der Waals surface area contributed by atoms with Crippen molar-refractivity contribution in [2.24, 2.45) is 0 Å². The minimum absolute atomic E-state index is 0. The summed E-state index contributed by atoms with van der Waals surface area (Å²) in [7, 11) is 0.215. The van der Waals surface area contributed by atoms with Gasteiger partial charge in [0.05, 0.1) is 16.5 Å². The Morgan fingerprint density at radius 3 is 2.61 bits per heavy atom. The Morgan fingerprint density at radius 2 is 2.06 bits per heavy atom. The van der Waals surface area contributed by atoms with Crippen molar-refractivity contribution in [3.05, 3.63) is 29.8 Å². The van der Waals surface area contributed by atoms with Crippen molar-refractivity contribution in [3.63, 3.8) is 0 Å². The number of likely N-dealkylation sites (N-methyl/N-ethyl adjacent to an activating group) is 1. The van der Waals surface area contributed by atoms with Gasteiger partial charge in [0.15, 0.2) is 0 Å². The zero-order valence-electron chi connectivity index (χ0n) is 10.3. The number of rotatable bonds is 5. The maximum atomic E-state index is 11.8. The first-order valence-corrected chi connectivity index (χ1v) is 6.58. The fraction of sp³-hybridized carbons (Fsp3) is 0.364. The molecule has 0 unspecified atom stereocenters. The van der Waals surface area contributed by atoms with Crippen LogP contribution in [0.3, 0.4) is 0 Å². The summed E-state index contributed by atoms with van der Waals surface area (Å²) in [5.41, 5.74) is 0.334. The normalized spacial score (nSPS) is 10.8. The van der Waals surface area contributed by atoms with E-state index in [0.29, 0.717) is 18.7 Å². The number of benzene rings is 1. The van der Waals surface area contributed by atoms with E-state index in [-0.39, 0.29) is 17.3 Å². The van der Waals surface area contributed by atoms with Crippen LogP contribution < -0.4 is 4.72 Å². The average Bonchev–Trinajstić information content (AvgIpc) is 2.28. The summed E-state index contributed by atoms with van der Waals surface area (Å²) < 4.78 is 26.2. The highest BCUT2D eigenvalue weighted by Gasteiger charge is 2.13. The van der Waals surface area contributed by atoms with E-state index >= 15 is 0 Å². The number of nitriles is 1. The molecule has 0 saturated carbocycles. The molecule has 5 nitrogen and oxygen atoms in total. The van der Waals surface area contributed by atoms with Crippen LogP contribution in [-0.2, 0) is 10.0 Å². The van der Waals surface area contributed by atoms with Gasteiger partial charge in [0.1, 0.15) is 0 Å². The monoisotopic (exact) mass is 289 g/mol. The molecule has 0 fully saturated rings. The minimum Gasteiger partial charge on any atom is -0.308 e. The molecule has 0 amide bonds. The zero-order chi connectivity index (χ0) is 12.9. The van der Waals surface area contributed by atoms with Crippen LogP contribution in [0.2, 0.25) is 0 Å². The fourth-order valence-corrected chi connectivity index (χ4v) is 2.29. The summed E-state index contributed by atoms with van der Waals surface area (Å²) in [6, 6.07) is 7.87. The molecule has 0 aliphatic carbocycles. The molecular weight excluding hydrogens is 274 g/mol. The van der Waals surface area contributed by atoms with Crippen molar-refractivity contribution >= 4 is 22.4 Å². The van der Waals surface area contributed by atoms with E-state index in [1.807, 2.05) is 25.1 Å². The third-order valence-corrected chi connectivity index (χ3v) is 3.58. The predicted molar refractivity (Wildman–Crippen MR) is 72.1 cm³/mol. The number of halogens is 1. The van der Waals surface area contributed by atoms with Crippen LogP contribution in [0.25, 0.3) is 0 Å². The van der Waals surface area contributed by atoms with Gasteiger partial charge in [0.2, 0.25) is 10.0 Å². The van der Waals surface area contributed by atoms with Gasteiger partial charge in [-0.15, -0.1) is 12.4 Å². The SMILES string of the molecule is CN(C)CCNS(=O)(=O)c1cccc(C#N)c1.Cl. The maximum Gasteiger partial charge on any atom is 0.240 e. The van der Waals surface area contributed by atoms with Crippen LogP contribution in [0.1, 0.15) is 5.56 Å². The standard InChI is InChI=1S/C11H15N3O2S.ClH/c1-14(2)7-6-13-17(15,16)11-5-3-4-10(8-11)9-12;/h3-5,8,13H,6-7H2,1-2H3;1H. The molecule has 0 saturated heterocycles. The van der Waals surface area contributed by atoms with E-state index < -0.39 is 10.0 Å². The summed E-state index contributed by atoms with van der Waals surface area (Å²) in [4.78, 5) is 2.00. The first-order chi connectivity index (χ1) is 7.95. The molecule has 0 radical (unpaired) electrons. The average molecular weight is 290 g/mol. The van der Waals surface area contributed by atoms with Crippen molar-refractivity contribution < 1.29 is 8.42 Å². The molecule has 0 aliphatic rings. The van der Waals surface area contributed by atoms with Gasteiger partial charge in [-0.2, -0.15) is 5.26 Å². The van der Waals surface area contributed by atoms with Crippen molar-refractivity contribution in [2.75, 3.05) is 27.2 Å². The second-order valence-corrected chi connectivity index (χ2v) is 5.61. The van der Waals surface area contributed by atoms with E-state index in [4.69, 9.17) is 5.26 Å².